The number of nitrogens with zero attached hydrogens (tertiary/aromatic N) is 3. The van der Waals surface area contributed by atoms with Crippen molar-refractivity contribution in [2.24, 2.45) is 0 Å². The predicted octanol–water partition coefficient (Wildman–Crippen LogP) is 3.45. The third-order valence-corrected chi connectivity index (χ3v) is 4.04. The van der Waals surface area contributed by atoms with Crippen molar-refractivity contribution >= 4 is 16.9 Å². The fraction of sp³-hybridized carbons (Fsp3) is 0.100. The molecule has 0 fully saturated rings. The van der Waals surface area contributed by atoms with Gasteiger partial charge in [0.25, 0.3) is 5.91 Å². The van der Waals surface area contributed by atoms with Crippen molar-refractivity contribution in [1.29, 1.82) is 0 Å². The molecular weight excluding hydrogens is 328 g/mol. The maximum atomic E-state index is 12.7. The maximum Gasteiger partial charge on any atom is 0.272 e. The van der Waals surface area contributed by atoms with E-state index in [0.29, 0.717) is 5.76 Å². The molecule has 4 aromatic rings. The lowest BCUT2D eigenvalue weighted by atomic mass is 10.1. The van der Waals surface area contributed by atoms with E-state index in [1.54, 1.807) is 18.6 Å². The molecule has 0 saturated heterocycles. The van der Waals surface area contributed by atoms with E-state index in [1.807, 2.05) is 49.4 Å². The van der Waals surface area contributed by atoms with Crippen LogP contribution in [-0.2, 0) is 0 Å². The summed E-state index contributed by atoms with van der Waals surface area (Å²) in [7, 11) is 0. The molecule has 1 atom stereocenters. The molecule has 128 valence electrons. The van der Waals surface area contributed by atoms with Gasteiger partial charge in [0.15, 0.2) is 0 Å². The van der Waals surface area contributed by atoms with Crippen LogP contribution in [0.15, 0.2) is 71.7 Å². The second-order valence-corrected chi connectivity index (χ2v) is 5.92. The maximum absolute atomic E-state index is 12.7. The summed E-state index contributed by atoms with van der Waals surface area (Å²) in [5, 5.41) is 3.94. The zero-order valence-corrected chi connectivity index (χ0v) is 14.1. The minimum absolute atomic E-state index is 0.251. The lowest BCUT2D eigenvalue weighted by Crippen LogP contribution is -2.30. The molecule has 6 heteroatoms. The van der Waals surface area contributed by atoms with Crippen LogP contribution in [0.3, 0.4) is 0 Å². The highest BCUT2D eigenvalue weighted by molar-refractivity contribution is 5.92. The van der Waals surface area contributed by atoms with E-state index in [-0.39, 0.29) is 11.6 Å². The SMILES string of the molecule is Cc1cnc(C(=O)N[C@H](c2cccnc2)c2cc3ccccc3o2)cn1. The van der Waals surface area contributed by atoms with Gasteiger partial charge in [-0.2, -0.15) is 0 Å². The first-order valence-corrected chi connectivity index (χ1v) is 8.18. The standard InChI is InChI=1S/C20H16N4O2/c1-13-10-23-16(12-22-13)20(25)24-19(15-6-4-8-21-11-15)18-9-14-5-2-3-7-17(14)26-18/h2-12,19H,1H3,(H,24,25)/t19-/m1/s1. The summed E-state index contributed by atoms with van der Waals surface area (Å²) < 4.78 is 5.96. The fourth-order valence-electron chi connectivity index (χ4n) is 2.73. The van der Waals surface area contributed by atoms with E-state index in [0.717, 1.165) is 22.2 Å². The van der Waals surface area contributed by atoms with E-state index >= 15 is 0 Å². The molecule has 0 aliphatic rings. The van der Waals surface area contributed by atoms with Gasteiger partial charge < -0.3 is 9.73 Å². The number of fused-ring (bicyclic) bond motifs is 1. The number of para-hydroxylation sites is 1. The number of aryl methyl sites for hydroxylation is 1. The van der Waals surface area contributed by atoms with E-state index in [9.17, 15) is 4.79 Å². The highest BCUT2D eigenvalue weighted by Gasteiger charge is 2.22. The van der Waals surface area contributed by atoms with Crippen LogP contribution >= 0.6 is 0 Å². The van der Waals surface area contributed by atoms with Crippen molar-refractivity contribution < 1.29 is 9.21 Å². The Labute approximate surface area is 149 Å². The lowest BCUT2D eigenvalue weighted by Gasteiger charge is -2.16. The van der Waals surface area contributed by atoms with Crippen LogP contribution in [0.1, 0.15) is 33.5 Å². The lowest BCUT2D eigenvalue weighted by molar-refractivity contribution is 0.0933. The fourth-order valence-corrected chi connectivity index (χ4v) is 2.73. The van der Waals surface area contributed by atoms with Gasteiger partial charge in [0, 0.05) is 29.5 Å². The summed E-state index contributed by atoms with van der Waals surface area (Å²) >= 11 is 0. The van der Waals surface area contributed by atoms with Crippen LogP contribution in [0.2, 0.25) is 0 Å². The van der Waals surface area contributed by atoms with Crippen LogP contribution < -0.4 is 5.32 Å². The monoisotopic (exact) mass is 344 g/mol. The molecule has 6 nitrogen and oxygen atoms in total. The number of hydrogen-bond donors (Lipinski definition) is 1. The number of aromatic nitrogens is 3. The molecule has 0 spiro atoms. The zero-order valence-electron chi connectivity index (χ0n) is 14.1. The summed E-state index contributed by atoms with van der Waals surface area (Å²) in [6.45, 7) is 1.82. The number of benzene rings is 1. The van der Waals surface area contributed by atoms with Crippen LogP contribution in [-0.4, -0.2) is 20.9 Å². The molecule has 0 radical (unpaired) electrons. The van der Waals surface area contributed by atoms with Crippen molar-refractivity contribution in [1.82, 2.24) is 20.3 Å². The summed E-state index contributed by atoms with van der Waals surface area (Å²) in [6.07, 6.45) is 6.42. The number of carbonyl (C=O) groups excluding carboxylic acids is 1. The number of furan rings is 1. The molecule has 0 unspecified atom stereocenters. The Morgan fingerprint density at radius 3 is 2.69 bits per heavy atom. The molecule has 0 bridgehead atoms. The molecule has 0 aliphatic carbocycles. The van der Waals surface area contributed by atoms with Gasteiger partial charge in [0.2, 0.25) is 0 Å². The summed E-state index contributed by atoms with van der Waals surface area (Å²) in [5.74, 6) is 0.305. The van der Waals surface area contributed by atoms with E-state index in [2.05, 4.69) is 20.3 Å². The first-order valence-electron chi connectivity index (χ1n) is 8.18. The highest BCUT2D eigenvalue weighted by atomic mass is 16.3. The molecule has 1 N–H and O–H groups in total. The molecule has 26 heavy (non-hydrogen) atoms. The Morgan fingerprint density at radius 1 is 1.08 bits per heavy atom. The quantitative estimate of drug-likeness (QED) is 0.613. The predicted molar refractivity (Wildman–Crippen MR) is 96.5 cm³/mol. The van der Waals surface area contributed by atoms with Crippen molar-refractivity contribution in [3.8, 4) is 0 Å². The average molecular weight is 344 g/mol. The number of hydrogen-bond acceptors (Lipinski definition) is 5. The molecular formula is C20H16N4O2. The summed E-state index contributed by atoms with van der Waals surface area (Å²) in [6, 6.07) is 12.9. The van der Waals surface area contributed by atoms with Crippen molar-refractivity contribution in [2.45, 2.75) is 13.0 Å². The van der Waals surface area contributed by atoms with E-state index in [1.165, 1.54) is 6.20 Å². The molecule has 1 aromatic carbocycles. The third kappa shape index (κ3) is 3.17. The smallest absolute Gasteiger partial charge is 0.272 e. The molecule has 0 saturated carbocycles. The average Bonchev–Trinajstić information content (AvgIpc) is 3.11. The van der Waals surface area contributed by atoms with Gasteiger partial charge in [-0.15, -0.1) is 0 Å². The van der Waals surface area contributed by atoms with Gasteiger partial charge >= 0.3 is 0 Å². The van der Waals surface area contributed by atoms with Crippen molar-refractivity contribution in [3.63, 3.8) is 0 Å². The minimum atomic E-state index is -0.480. The first-order chi connectivity index (χ1) is 12.7. The Hall–Kier alpha value is -3.54. The number of nitrogens with one attached hydrogen (secondary N) is 1. The van der Waals surface area contributed by atoms with Crippen molar-refractivity contribution in [3.05, 3.63) is 90.0 Å². The Balaban J connectivity index is 1.71. The number of rotatable bonds is 4. The Bertz CT molecular complexity index is 1010. The number of pyridine rings is 1. The van der Waals surface area contributed by atoms with Gasteiger partial charge in [-0.1, -0.05) is 24.3 Å². The molecule has 4 rings (SSSR count). The number of amides is 1. The van der Waals surface area contributed by atoms with Gasteiger partial charge in [-0.3, -0.25) is 14.8 Å². The van der Waals surface area contributed by atoms with Gasteiger partial charge in [0.1, 0.15) is 23.1 Å². The first kappa shape index (κ1) is 16.0. The number of carbonyl (C=O) groups is 1. The third-order valence-electron chi connectivity index (χ3n) is 4.04. The van der Waals surface area contributed by atoms with E-state index in [4.69, 9.17) is 4.42 Å². The largest absolute Gasteiger partial charge is 0.459 e. The minimum Gasteiger partial charge on any atom is -0.459 e. The molecule has 1 amide bonds. The van der Waals surface area contributed by atoms with Crippen LogP contribution in [0.25, 0.3) is 11.0 Å². The van der Waals surface area contributed by atoms with Crippen LogP contribution in [0.4, 0.5) is 0 Å². The van der Waals surface area contributed by atoms with Gasteiger partial charge in [-0.05, 0) is 25.1 Å². The topological polar surface area (TPSA) is 80.9 Å². The summed E-state index contributed by atoms with van der Waals surface area (Å²) in [5.41, 5.74) is 2.59. The Morgan fingerprint density at radius 2 is 1.96 bits per heavy atom. The normalized spacial score (nSPS) is 12.0. The van der Waals surface area contributed by atoms with Crippen LogP contribution in [0, 0.1) is 6.92 Å². The Kier molecular flexibility index (Phi) is 4.15. The zero-order chi connectivity index (χ0) is 17.9. The van der Waals surface area contributed by atoms with E-state index < -0.39 is 6.04 Å². The second-order valence-electron chi connectivity index (χ2n) is 5.92. The summed E-state index contributed by atoms with van der Waals surface area (Å²) in [4.78, 5) is 25.1. The molecule has 3 heterocycles. The molecule has 3 aromatic heterocycles. The van der Waals surface area contributed by atoms with Gasteiger partial charge in [-0.25, -0.2) is 4.98 Å². The highest BCUT2D eigenvalue weighted by Crippen LogP contribution is 2.28. The van der Waals surface area contributed by atoms with Crippen LogP contribution in [0.5, 0.6) is 0 Å². The van der Waals surface area contributed by atoms with Crippen molar-refractivity contribution in [2.75, 3.05) is 0 Å². The molecule has 0 aliphatic heterocycles. The second kappa shape index (κ2) is 6.76. The van der Waals surface area contributed by atoms with Gasteiger partial charge in [0.05, 0.1) is 11.9 Å².